The second kappa shape index (κ2) is 2.95. The molecule has 1 aliphatic rings. The molecule has 1 fully saturated rings. The van der Waals surface area contributed by atoms with Crippen LogP contribution in [0.5, 0.6) is 0 Å². The maximum atomic E-state index is 12.8. The van der Waals surface area contributed by atoms with Gasteiger partial charge in [0.05, 0.1) is 0 Å². The summed E-state index contributed by atoms with van der Waals surface area (Å²) in [6, 6.07) is 0. The van der Waals surface area contributed by atoms with Gasteiger partial charge in [-0.3, -0.25) is 0 Å². The summed E-state index contributed by atoms with van der Waals surface area (Å²) in [7, 11) is 0. The molecule has 0 aromatic heterocycles. The van der Waals surface area contributed by atoms with Gasteiger partial charge in [-0.25, -0.2) is 8.78 Å². The third-order valence-corrected chi connectivity index (χ3v) is 3.03. The maximum absolute atomic E-state index is 12.8. The van der Waals surface area contributed by atoms with Crippen LogP contribution in [0.25, 0.3) is 0 Å². The summed E-state index contributed by atoms with van der Waals surface area (Å²) in [5.41, 5.74) is 5.40. The molecule has 0 amide bonds. The van der Waals surface area contributed by atoms with Gasteiger partial charge in [-0.05, 0) is 24.3 Å². The molecule has 0 radical (unpaired) electrons. The van der Waals surface area contributed by atoms with Gasteiger partial charge in [0.25, 0.3) is 0 Å². The molecule has 3 heteroatoms. The molecule has 12 heavy (non-hydrogen) atoms. The molecule has 1 unspecified atom stereocenters. The van der Waals surface area contributed by atoms with E-state index in [1.807, 2.05) is 13.8 Å². The topological polar surface area (TPSA) is 26.0 Å². The molecule has 0 aliphatic heterocycles. The van der Waals surface area contributed by atoms with E-state index in [0.29, 0.717) is 13.0 Å². The fourth-order valence-corrected chi connectivity index (χ4v) is 1.78. The molecule has 1 nitrogen and oxygen atoms in total. The van der Waals surface area contributed by atoms with Crippen LogP contribution in [0.3, 0.4) is 0 Å². The maximum Gasteiger partial charge on any atom is 0.248 e. The van der Waals surface area contributed by atoms with Crippen molar-refractivity contribution in [2.75, 3.05) is 6.54 Å². The summed E-state index contributed by atoms with van der Waals surface area (Å²) in [6.45, 7) is 4.44. The Morgan fingerprint density at radius 2 is 2.08 bits per heavy atom. The molecule has 1 saturated carbocycles. The normalized spacial score (nSPS) is 29.2. The Balaban J connectivity index is 2.58. The van der Waals surface area contributed by atoms with Crippen molar-refractivity contribution in [2.24, 2.45) is 17.1 Å². The quantitative estimate of drug-likeness (QED) is 0.688. The zero-order valence-corrected chi connectivity index (χ0v) is 7.74. The van der Waals surface area contributed by atoms with Crippen molar-refractivity contribution in [3.8, 4) is 0 Å². The highest BCUT2D eigenvalue weighted by Crippen LogP contribution is 2.46. The van der Waals surface area contributed by atoms with Crippen LogP contribution in [-0.2, 0) is 0 Å². The van der Waals surface area contributed by atoms with Gasteiger partial charge in [-0.15, -0.1) is 0 Å². The zero-order chi connectivity index (χ0) is 9.41. The van der Waals surface area contributed by atoms with Crippen LogP contribution < -0.4 is 5.73 Å². The molecule has 1 aliphatic carbocycles. The Morgan fingerprint density at radius 3 is 2.42 bits per heavy atom. The van der Waals surface area contributed by atoms with Crippen LogP contribution in [0.2, 0.25) is 0 Å². The molecular formula is C9H17F2N. The van der Waals surface area contributed by atoms with E-state index in [-0.39, 0.29) is 24.2 Å². The molecule has 72 valence electrons. The lowest BCUT2D eigenvalue weighted by atomic mass is 9.78. The molecule has 0 aromatic carbocycles. The highest BCUT2D eigenvalue weighted by molar-refractivity contribution is 4.89. The minimum Gasteiger partial charge on any atom is -0.330 e. The van der Waals surface area contributed by atoms with E-state index in [2.05, 4.69) is 0 Å². The molecule has 1 rings (SSSR count). The van der Waals surface area contributed by atoms with Crippen LogP contribution in [0.4, 0.5) is 8.78 Å². The summed E-state index contributed by atoms with van der Waals surface area (Å²) < 4.78 is 25.6. The molecule has 0 spiro atoms. The predicted octanol–water partition coefficient (Wildman–Crippen LogP) is 2.41. The smallest absolute Gasteiger partial charge is 0.248 e. The second-order valence-corrected chi connectivity index (χ2v) is 4.49. The van der Waals surface area contributed by atoms with Crippen LogP contribution in [-0.4, -0.2) is 12.5 Å². The number of rotatable bonds is 2. The van der Waals surface area contributed by atoms with E-state index in [0.717, 1.165) is 0 Å². The molecule has 0 saturated heterocycles. The van der Waals surface area contributed by atoms with Crippen molar-refractivity contribution in [3.05, 3.63) is 0 Å². The van der Waals surface area contributed by atoms with Gasteiger partial charge in [0.1, 0.15) is 0 Å². The fraction of sp³-hybridized carbons (Fsp3) is 1.00. The highest BCUT2D eigenvalue weighted by Gasteiger charge is 2.44. The molecule has 0 aromatic rings. The van der Waals surface area contributed by atoms with E-state index in [9.17, 15) is 8.78 Å². The summed E-state index contributed by atoms with van der Waals surface area (Å²) in [5, 5.41) is 0. The van der Waals surface area contributed by atoms with Gasteiger partial charge in [0, 0.05) is 12.8 Å². The third-order valence-electron chi connectivity index (χ3n) is 3.03. The minimum absolute atomic E-state index is 0.0250. The Labute approximate surface area is 72.3 Å². The van der Waals surface area contributed by atoms with Gasteiger partial charge in [0.2, 0.25) is 5.92 Å². The molecule has 0 heterocycles. The first-order valence-electron chi connectivity index (χ1n) is 4.45. The lowest BCUT2D eigenvalue weighted by molar-refractivity contribution is -0.00147. The van der Waals surface area contributed by atoms with E-state index in [1.165, 1.54) is 0 Å². The minimum atomic E-state index is -2.43. The first-order valence-corrected chi connectivity index (χ1v) is 4.45. The lowest BCUT2D eigenvalue weighted by Crippen LogP contribution is -2.31. The number of hydrogen-bond acceptors (Lipinski definition) is 1. The average Bonchev–Trinajstić information content (AvgIpc) is 2.31. The molecule has 1 atom stereocenters. The summed E-state index contributed by atoms with van der Waals surface area (Å²) in [5.74, 6) is -2.34. The number of nitrogens with two attached hydrogens (primary N) is 1. The van der Waals surface area contributed by atoms with Crippen LogP contribution in [0, 0.1) is 11.3 Å². The first-order chi connectivity index (χ1) is 5.37. The van der Waals surface area contributed by atoms with Gasteiger partial charge >= 0.3 is 0 Å². The highest BCUT2D eigenvalue weighted by atomic mass is 19.3. The fourth-order valence-electron chi connectivity index (χ4n) is 1.78. The lowest BCUT2D eigenvalue weighted by Gasteiger charge is -2.29. The number of halogens is 2. The van der Waals surface area contributed by atoms with Crippen LogP contribution in [0.15, 0.2) is 0 Å². The molecule has 2 N–H and O–H groups in total. The van der Waals surface area contributed by atoms with Crippen molar-refractivity contribution in [1.82, 2.24) is 0 Å². The van der Waals surface area contributed by atoms with Gasteiger partial charge < -0.3 is 5.73 Å². The van der Waals surface area contributed by atoms with Crippen molar-refractivity contribution < 1.29 is 8.78 Å². The molecular weight excluding hydrogens is 160 g/mol. The van der Waals surface area contributed by atoms with Gasteiger partial charge in [0.15, 0.2) is 0 Å². The summed E-state index contributed by atoms with van der Waals surface area (Å²) >= 11 is 0. The van der Waals surface area contributed by atoms with E-state index < -0.39 is 5.92 Å². The summed E-state index contributed by atoms with van der Waals surface area (Å²) in [4.78, 5) is 0. The summed E-state index contributed by atoms with van der Waals surface area (Å²) in [6.07, 6.45) is 0.690. The largest absolute Gasteiger partial charge is 0.330 e. The Morgan fingerprint density at radius 1 is 1.50 bits per heavy atom. The second-order valence-electron chi connectivity index (χ2n) is 4.49. The van der Waals surface area contributed by atoms with Crippen LogP contribution in [0.1, 0.15) is 33.1 Å². The van der Waals surface area contributed by atoms with Crippen molar-refractivity contribution >= 4 is 0 Å². The number of hydrogen-bond donors (Lipinski definition) is 1. The Bertz CT molecular complexity index is 166. The van der Waals surface area contributed by atoms with Crippen molar-refractivity contribution in [3.63, 3.8) is 0 Å². The Hall–Kier alpha value is -0.180. The van der Waals surface area contributed by atoms with Crippen LogP contribution >= 0.6 is 0 Å². The zero-order valence-electron chi connectivity index (χ0n) is 7.74. The van der Waals surface area contributed by atoms with E-state index in [4.69, 9.17) is 5.73 Å². The van der Waals surface area contributed by atoms with Crippen molar-refractivity contribution in [1.29, 1.82) is 0 Å². The SMILES string of the molecule is CC(C)(CN)C1CCC(F)(F)C1. The monoisotopic (exact) mass is 177 g/mol. The van der Waals surface area contributed by atoms with E-state index in [1.54, 1.807) is 0 Å². The number of alkyl halides is 2. The van der Waals surface area contributed by atoms with Crippen molar-refractivity contribution in [2.45, 2.75) is 39.0 Å². The standard InChI is InChI=1S/C9H17F2N/c1-8(2,6-12)7-3-4-9(10,11)5-7/h7H,3-6,12H2,1-2H3. The molecule has 0 bridgehead atoms. The third kappa shape index (κ3) is 1.94. The predicted molar refractivity (Wildman–Crippen MR) is 45.1 cm³/mol. The average molecular weight is 177 g/mol. The van der Waals surface area contributed by atoms with Gasteiger partial charge in [-0.1, -0.05) is 13.8 Å². The Kier molecular flexibility index (Phi) is 2.43. The van der Waals surface area contributed by atoms with E-state index >= 15 is 0 Å². The first kappa shape index (κ1) is 9.90. The van der Waals surface area contributed by atoms with Gasteiger partial charge in [-0.2, -0.15) is 0 Å².